The molecule has 5 nitrogen and oxygen atoms in total. The van der Waals surface area contributed by atoms with E-state index < -0.39 is 10.0 Å². The highest BCUT2D eigenvalue weighted by Gasteiger charge is 2.26. The van der Waals surface area contributed by atoms with E-state index >= 15 is 0 Å². The number of hydrogen-bond acceptors (Lipinski definition) is 4. The maximum Gasteiger partial charge on any atom is 0.242 e. The van der Waals surface area contributed by atoms with Crippen LogP contribution in [0.5, 0.6) is 0 Å². The lowest BCUT2D eigenvalue weighted by molar-refractivity contribution is 0.180. The Hall–Kier alpha value is -0.400. The van der Waals surface area contributed by atoms with Crippen LogP contribution in [-0.2, 0) is 10.0 Å². The first-order chi connectivity index (χ1) is 9.42. The van der Waals surface area contributed by atoms with Gasteiger partial charge in [0, 0.05) is 18.8 Å². The van der Waals surface area contributed by atoms with Crippen molar-refractivity contribution in [2.45, 2.75) is 36.6 Å². The van der Waals surface area contributed by atoms with Gasteiger partial charge in [0.1, 0.15) is 10.0 Å². The summed E-state index contributed by atoms with van der Waals surface area (Å²) in [6.45, 7) is 0.163. The van der Waals surface area contributed by atoms with E-state index in [9.17, 15) is 8.42 Å². The molecule has 1 aliphatic rings. The number of pyridine rings is 1. The number of nitrogens with one attached hydrogen (secondary N) is 1. The van der Waals surface area contributed by atoms with E-state index in [2.05, 4.69) is 9.71 Å². The van der Waals surface area contributed by atoms with Gasteiger partial charge in [-0.25, -0.2) is 18.1 Å². The second-order valence-electron chi connectivity index (χ2n) is 4.97. The van der Waals surface area contributed by atoms with Gasteiger partial charge >= 0.3 is 0 Å². The Labute approximate surface area is 128 Å². The number of sulfonamides is 1. The molecule has 112 valence electrons. The molecule has 0 radical (unpaired) electrons. The van der Waals surface area contributed by atoms with Crippen LogP contribution in [0.15, 0.2) is 17.2 Å². The molecule has 1 saturated carbocycles. The fourth-order valence-corrected chi connectivity index (χ4v) is 3.91. The van der Waals surface area contributed by atoms with Gasteiger partial charge in [0.15, 0.2) is 0 Å². The molecule has 0 aromatic carbocycles. The third kappa shape index (κ3) is 3.83. The van der Waals surface area contributed by atoms with E-state index in [4.69, 9.17) is 28.3 Å². The molecule has 0 atom stereocenters. The fourth-order valence-electron chi connectivity index (χ4n) is 2.30. The smallest absolute Gasteiger partial charge is 0.242 e. The van der Waals surface area contributed by atoms with Crippen molar-refractivity contribution in [2.75, 3.05) is 6.61 Å². The summed E-state index contributed by atoms with van der Waals surface area (Å²) < 4.78 is 27.1. The topological polar surface area (TPSA) is 79.3 Å². The Morgan fingerprint density at radius 2 is 1.95 bits per heavy atom. The van der Waals surface area contributed by atoms with Gasteiger partial charge in [-0.2, -0.15) is 0 Å². The number of aromatic nitrogens is 1. The van der Waals surface area contributed by atoms with Crippen molar-refractivity contribution in [1.82, 2.24) is 9.71 Å². The van der Waals surface area contributed by atoms with Crippen LogP contribution in [0, 0.1) is 5.92 Å². The predicted octanol–water partition coefficient (Wildman–Crippen LogP) is 2.22. The molecule has 1 aromatic heterocycles. The lowest BCUT2D eigenvalue weighted by Crippen LogP contribution is -2.38. The first-order valence-electron chi connectivity index (χ1n) is 6.36. The SMILES string of the molecule is O=S(=O)(NC1CCC(CO)CC1)c1cnc(Cl)c(Cl)c1. The van der Waals surface area contributed by atoms with Gasteiger partial charge in [-0.3, -0.25) is 0 Å². The standard InChI is InChI=1S/C12H16Cl2N2O3S/c13-11-5-10(6-15-12(11)14)20(18,19)16-9-3-1-8(7-17)2-4-9/h5-6,8-9,16-17H,1-4,7H2. The first-order valence-corrected chi connectivity index (χ1v) is 8.60. The highest BCUT2D eigenvalue weighted by atomic mass is 35.5. The summed E-state index contributed by atoms with van der Waals surface area (Å²) in [5, 5.41) is 9.26. The first kappa shape index (κ1) is 16.0. The summed E-state index contributed by atoms with van der Waals surface area (Å²) in [5.41, 5.74) is 0. The molecule has 0 amide bonds. The fraction of sp³-hybridized carbons (Fsp3) is 0.583. The van der Waals surface area contributed by atoms with E-state index in [1.54, 1.807) is 0 Å². The Morgan fingerprint density at radius 1 is 1.30 bits per heavy atom. The van der Waals surface area contributed by atoms with Crippen molar-refractivity contribution in [3.05, 3.63) is 22.4 Å². The Morgan fingerprint density at radius 3 is 2.50 bits per heavy atom. The third-order valence-electron chi connectivity index (χ3n) is 3.51. The van der Waals surface area contributed by atoms with Crippen LogP contribution in [0.3, 0.4) is 0 Å². The van der Waals surface area contributed by atoms with E-state index in [0.29, 0.717) is 0 Å². The van der Waals surface area contributed by atoms with Crippen molar-refractivity contribution in [1.29, 1.82) is 0 Å². The highest BCUT2D eigenvalue weighted by molar-refractivity contribution is 7.89. The van der Waals surface area contributed by atoms with Crippen molar-refractivity contribution >= 4 is 33.2 Å². The quantitative estimate of drug-likeness (QED) is 0.825. The zero-order chi connectivity index (χ0) is 14.8. The second kappa shape index (κ2) is 6.58. The predicted molar refractivity (Wildman–Crippen MR) is 77.4 cm³/mol. The average molecular weight is 339 g/mol. The molecule has 0 spiro atoms. The van der Waals surface area contributed by atoms with E-state index in [-0.39, 0.29) is 33.6 Å². The van der Waals surface area contributed by atoms with Crippen molar-refractivity contribution < 1.29 is 13.5 Å². The maximum absolute atomic E-state index is 12.2. The number of aliphatic hydroxyl groups excluding tert-OH is 1. The number of hydrogen-bond donors (Lipinski definition) is 2. The van der Waals surface area contributed by atoms with E-state index in [1.807, 2.05) is 0 Å². The molecular weight excluding hydrogens is 323 g/mol. The molecule has 0 saturated heterocycles. The van der Waals surface area contributed by atoms with Crippen LogP contribution in [0.1, 0.15) is 25.7 Å². The van der Waals surface area contributed by atoms with Crippen LogP contribution >= 0.6 is 23.2 Å². The maximum atomic E-state index is 12.2. The van der Waals surface area contributed by atoms with Gasteiger partial charge in [0.05, 0.1) is 5.02 Å². The summed E-state index contributed by atoms with van der Waals surface area (Å²) in [6, 6.07) is 1.18. The van der Waals surface area contributed by atoms with Crippen molar-refractivity contribution in [3.63, 3.8) is 0 Å². The Kier molecular flexibility index (Phi) is 5.25. The summed E-state index contributed by atoms with van der Waals surface area (Å²) in [5.74, 6) is 0.280. The highest BCUT2D eigenvalue weighted by Crippen LogP contribution is 2.26. The molecular formula is C12H16Cl2N2O3S. The molecule has 1 heterocycles. The van der Waals surface area contributed by atoms with Crippen molar-refractivity contribution in [2.24, 2.45) is 5.92 Å². The molecule has 0 bridgehead atoms. The molecule has 1 fully saturated rings. The van der Waals surface area contributed by atoms with Gasteiger partial charge in [-0.05, 0) is 37.7 Å². The minimum absolute atomic E-state index is 0.0104. The van der Waals surface area contributed by atoms with Gasteiger partial charge in [-0.1, -0.05) is 23.2 Å². The van der Waals surface area contributed by atoms with E-state index in [0.717, 1.165) is 25.7 Å². The summed E-state index contributed by atoms with van der Waals surface area (Å²) in [7, 11) is -3.64. The number of rotatable bonds is 4. The minimum Gasteiger partial charge on any atom is -0.396 e. The molecule has 0 aliphatic heterocycles. The number of aliphatic hydroxyl groups is 1. The minimum atomic E-state index is -3.64. The summed E-state index contributed by atoms with van der Waals surface area (Å²) >= 11 is 11.5. The summed E-state index contributed by atoms with van der Waals surface area (Å²) in [4.78, 5) is 3.75. The second-order valence-corrected chi connectivity index (χ2v) is 7.44. The van der Waals surface area contributed by atoms with Gasteiger partial charge in [0.2, 0.25) is 10.0 Å². The van der Waals surface area contributed by atoms with Crippen molar-refractivity contribution in [3.8, 4) is 0 Å². The Balaban J connectivity index is 2.06. The molecule has 20 heavy (non-hydrogen) atoms. The monoisotopic (exact) mass is 338 g/mol. The third-order valence-corrected chi connectivity index (χ3v) is 5.68. The lowest BCUT2D eigenvalue weighted by atomic mass is 9.87. The summed E-state index contributed by atoms with van der Waals surface area (Å²) in [6.07, 6.45) is 4.28. The molecule has 0 unspecified atom stereocenters. The van der Waals surface area contributed by atoms with Gasteiger partial charge in [-0.15, -0.1) is 0 Å². The molecule has 2 rings (SSSR count). The average Bonchev–Trinajstić information content (AvgIpc) is 2.42. The molecule has 1 aliphatic carbocycles. The van der Waals surface area contributed by atoms with Gasteiger partial charge in [0.25, 0.3) is 0 Å². The lowest BCUT2D eigenvalue weighted by Gasteiger charge is -2.27. The molecule has 2 N–H and O–H groups in total. The zero-order valence-electron chi connectivity index (χ0n) is 10.7. The van der Waals surface area contributed by atoms with E-state index in [1.165, 1.54) is 12.3 Å². The van der Waals surface area contributed by atoms with Crippen LogP contribution < -0.4 is 4.72 Å². The Bertz CT molecular complexity index is 572. The number of nitrogens with zero attached hydrogens (tertiary/aromatic N) is 1. The number of halogens is 2. The van der Waals surface area contributed by atoms with Gasteiger partial charge < -0.3 is 5.11 Å². The normalized spacial score (nSPS) is 23.8. The van der Waals surface area contributed by atoms with Crippen LogP contribution in [-0.4, -0.2) is 31.2 Å². The largest absolute Gasteiger partial charge is 0.396 e. The zero-order valence-corrected chi connectivity index (χ0v) is 13.0. The molecule has 8 heteroatoms. The molecule has 1 aromatic rings. The van der Waals surface area contributed by atoms with Crippen LogP contribution in [0.25, 0.3) is 0 Å². The van der Waals surface area contributed by atoms with Crippen LogP contribution in [0.2, 0.25) is 10.2 Å². The van der Waals surface area contributed by atoms with Crippen LogP contribution in [0.4, 0.5) is 0 Å².